The van der Waals surface area contributed by atoms with Crippen molar-refractivity contribution in [1.29, 1.82) is 0 Å². The number of aliphatic hydroxyl groups excluding tert-OH is 2. The van der Waals surface area contributed by atoms with Crippen molar-refractivity contribution in [3.63, 3.8) is 0 Å². The molecule has 5 nitrogen and oxygen atoms in total. The van der Waals surface area contributed by atoms with E-state index in [0.717, 1.165) is 6.08 Å². The molecule has 7 heteroatoms. The molecule has 0 saturated heterocycles. The molecule has 32 heavy (non-hydrogen) atoms. The molecule has 0 unspecified atom stereocenters. The number of unbranched alkanes of at least 4 members (excludes halogenated alkanes) is 1. The number of carbonyl (C=O) groups is 1. The summed E-state index contributed by atoms with van der Waals surface area (Å²) >= 11 is 0. The number of ether oxygens (including phenoxy) is 2. The van der Waals surface area contributed by atoms with Gasteiger partial charge in [0.25, 0.3) is 5.92 Å². The van der Waals surface area contributed by atoms with Gasteiger partial charge in [0.2, 0.25) is 0 Å². The molecule has 0 aromatic heterocycles. The Balaban J connectivity index is 1.83. The number of alkyl halides is 2. The van der Waals surface area contributed by atoms with Gasteiger partial charge in [-0.2, -0.15) is 8.78 Å². The van der Waals surface area contributed by atoms with Gasteiger partial charge in [0.05, 0.1) is 18.3 Å². The van der Waals surface area contributed by atoms with Crippen LogP contribution in [0.1, 0.15) is 46.0 Å². The highest BCUT2D eigenvalue weighted by molar-refractivity contribution is 5.69. The van der Waals surface area contributed by atoms with Gasteiger partial charge in [-0.1, -0.05) is 36.4 Å². The Labute approximate surface area is 188 Å². The molecule has 4 atom stereocenters. The maximum Gasteiger partial charge on any atom is 0.306 e. The van der Waals surface area contributed by atoms with Gasteiger partial charge in [0, 0.05) is 18.8 Å². The van der Waals surface area contributed by atoms with E-state index in [0.29, 0.717) is 31.4 Å². The predicted octanol–water partition coefficient (Wildman–Crippen LogP) is 4.68. The number of benzene rings is 1. The lowest BCUT2D eigenvalue weighted by atomic mass is 9.89. The molecule has 0 aliphatic heterocycles. The first-order chi connectivity index (χ1) is 15.2. The van der Waals surface area contributed by atoms with E-state index in [9.17, 15) is 23.8 Å². The Kier molecular flexibility index (Phi) is 10.3. The molecular formula is C25H34F2O5. The van der Waals surface area contributed by atoms with Gasteiger partial charge in [-0.15, -0.1) is 0 Å². The summed E-state index contributed by atoms with van der Waals surface area (Å²) < 4.78 is 38.7. The summed E-state index contributed by atoms with van der Waals surface area (Å²) in [5.74, 6) is -4.00. The molecule has 0 radical (unpaired) electrons. The molecule has 0 spiro atoms. The molecule has 1 aliphatic carbocycles. The van der Waals surface area contributed by atoms with Crippen LogP contribution in [-0.2, 0) is 9.53 Å². The van der Waals surface area contributed by atoms with Crippen molar-refractivity contribution in [3.8, 4) is 5.75 Å². The molecule has 1 saturated carbocycles. The Morgan fingerprint density at radius 2 is 1.91 bits per heavy atom. The van der Waals surface area contributed by atoms with Gasteiger partial charge in [-0.25, -0.2) is 0 Å². The summed E-state index contributed by atoms with van der Waals surface area (Å²) in [6.45, 7) is 2.80. The highest BCUT2D eigenvalue weighted by Crippen LogP contribution is 2.37. The largest absolute Gasteiger partial charge is 0.487 e. The van der Waals surface area contributed by atoms with E-state index in [2.05, 4.69) is 0 Å². The fourth-order valence-electron chi connectivity index (χ4n) is 3.76. The highest BCUT2D eigenvalue weighted by Gasteiger charge is 2.40. The Morgan fingerprint density at radius 1 is 1.19 bits per heavy atom. The average molecular weight is 453 g/mol. The summed E-state index contributed by atoms with van der Waals surface area (Å²) in [5, 5.41) is 20.5. The fraction of sp³-hybridized carbons (Fsp3) is 0.560. The zero-order valence-electron chi connectivity index (χ0n) is 18.7. The summed E-state index contributed by atoms with van der Waals surface area (Å²) in [7, 11) is 0. The number of rotatable bonds is 12. The summed E-state index contributed by atoms with van der Waals surface area (Å²) in [6, 6.07) is 8.39. The van der Waals surface area contributed by atoms with Crippen LogP contribution in [0.4, 0.5) is 8.78 Å². The van der Waals surface area contributed by atoms with Gasteiger partial charge in [0.15, 0.2) is 6.61 Å². The summed E-state index contributed by atoms with van der Waals surface area (Å²) in [6.07, 6.45) is 6.33. The van der Waals surface area contributed by atoms with Crippen LogP contribution in [0.25, 0.3) is 0 Å². The minimum atomic E-state index is -3.20. The van der Waals surface area contributed by atoms with Crippen LogP contribution in [0, 0.1) is 11.8 Å². The molecule has 2 rings (SSSR count). The second kappa shape index (κ2) is 12.7. The van der Waals surface area contributed by atoms with Crippen molar-refractivity contribution in [2.24, 2.45) is 11.8 Å². The number of carbonyl (C=O) groups excluding carboxylic acids is 1. The third kappa shape index (κ3) is 9.09. The fourth-order valence-corrected chi connectivity index (χ4v) is 3.76. The van der Waals surface area contributed by atoms with Crippen molar-refractivity contribution in [2.75, 3.05) is 6.61 Å². The van der Waals surface area contributed by atoms with Crippen LogP contribution in [0.3, 0.4) is 0 Å². The van der Waals surface area contributed by atoms with E-state index in [1.54, 1.807) is 44.2 Å². The number of hydrogen-bond donors (Lipinski definition) is 2. The number of allylic oxidation sites excluding steroid dienone is 2. The second-order valence-corrected chi connectivity index (χ2v) is 8.47. The maximum absolute atomic E-state index is 14.2. The van der Waals surface area contributed by atoms with Crippen molar-refractivity contribution in [2.45, 2.75) is 70.2 Å². The zero-order chi connectivity index (χ0) is 23.6. The third-order valence-corrected chi connectivity index (χ3v) is 5.35. The molecule has 0 heterocycles. The summed E-state index contributed by atoms with van der Waals surface area (Å²) in [4.78, 5) is 11.5. The van der Waals surface area contributed by atoms with Crippen LogP contribution in [0.5, 0.6) is 5.75 Å². The molecule has 0 amide bonds. The quantitative estimate of drug-likeness (QED) is 0.274. The van der Waals surface area contributed by atoms with E-state index < -0.39 is 30.7 Å². The molecule has 1 aromatic rings. The molecule has 1 fully saturated rings. The predicted molar refractivity (Wildman–Crippen MR) is 118 cm³/mol. The van der Waals surface area contributed by atoms with E-state index in [-0.39, 0.29) is 24.4 Å². The number of aliphatic hydroxyl groups is 2. The number of para-hydroxylation sites is 1. The topological polar surface area (TPSA) is 76.0 Å². The molecule has 2 N–H and O–H groups in total. The monoisotopic (exact) mass is 452 g/mol. The molecule has 1 aromatic carbocycles. The Bertz CT molecular complexity index is 748. The first-order valence-electron chi connectivity index (χ1n) is 11.1. The lowest BCUT2D eigenvalue weighted by Gasteiger charge is -2.20. The SMILES string of the molecule is CC(C)OC(=O)CCC/C=C\C[C@@H]1[C@H](/C=C/C(F)(F)COc2ccccc2)[C@H](O)C[C@@H]1O. The van der Waals surface area contributed by atoms with Crippen molar-refractivity contribution >= 4 is 5.97 Å². The number of hydrogen-bond acceptors (Lipinski definition) is 5. The Hall–Kier alpha value is -2.25. The first-order valence-corrected chi connectivity index (χ1v) is 11.1. The van der Waals surface area contributed by atoms with Crippen LogP contribution < -0.4 is 4.74 Å². The van der Waals surface area contributed by atoms with Crippen LogP contribution in [0.2, 0.25) is 0 Å². The van der Waals surface area contributed by atoms with Crippen LogP contribution in [-0.4, -0.2) is 47.0 Å². The number of esters is 1. The first kappa shape index (κ1) is 26.0. The molecule has 1 aliphatic rings. The smallest absolute Gasteiger partial charge is 0.306 e. The van der Waals surface area contributed by atoms with E-state index >= 15 is 0 Å². The second-order valence-electron chi connectivity index (χ2n) is 8.47. The molecule has 178 valence electrons. The average Bonchev–Trinajstić information content (AvgIpc) is 3.00. The van der Waals surface area contributed by atoms with Gasteiger partial charge < -0.3 is 19.7 Å². The zero-order valence-corrected chi connectivity index (χ0v) is 18.7. The van der Waals surface area contributed by atoms with E-state index in [1.807, 2.05) is 12.2 Å². The lowest BCUT2D eigenvalue weighted by Crippen LogP contribution is -2.25. The minimum absolute atomic E-state index is 0.129. The van der Waals surface area contributed by atoms with Crippen molar-refractivity contribution in [3.05, 3.63) is 54.6 Å². The number of halogens is 2. The normalized spacial score (nSPS) is 24.0. The molecule has 0 bridgehead atoms. The Morgan fingerprint density at radius 3 is 2.59 bits per heavy atom. The lowest BCUT2D eigenvalue weighted by molar-refractivity contribution is -0.147. The molecular weight excluding hydrogens is 418 g/mol. The standard InChI is InChI=1S/C25H34F2O5/c1-18(2)32-24(30)13-9-4-3-8-12-20-21(23(29)16-22(20)28)14-15-25(26,27)17-31-19-10-6-5-7-11-19/h3,5-8,10-11,14-15,18,20-23,28-29H,4,9,12-13,16-17H2,1-2H3/b8-3-,15-14+/t20-,21+,22+,23-/m1/s1. The van der Waals surface area contributed by atoms with Gasteiger partial charge >= 0.3 is 5.97 Å². The highest BCUT2D eigenvalue weighted by atomic mass is 19.3. The van der Waals surface area contributed by atoms with Crippen LogP contribution >= 0.6 is 0 Å². The van der Waals surface area contributed by atoms with Gasteiger partial charge in [-0.3, -0.25) is 4.79 Å². The summed E-state index contributed by atoms with van der Waals surface area (Å²) in [5.41, 5.74) is 0. The van der Waals surface area contributed by atoms with Crippen molar-refractivity contribution < 1.29 is 33.3 Å². The third-order valence-electron chi connectivity index (χ3n) is 5.35. The minimum Gasteiger partial charge on any atom is -0.487 e. The van der Waals surface area contributed by atoms with Crippen LogP contribution in [0.15, 0.2) is 54.6 Å². The van der Waals surface area contributed by atoms with Gasteiger partial charge in [-0.05, 0) is 57.2 Å². The van der Waals surface area contributed by atoms with E-state index in [1.165, 1.54) is 6.08 Å². The maximum atomic E-state index is 14.2. The van der Waals surface area contributed by atoms with E-state index in [4.69, 9.17) is 9.47 Å². The van der Waals surface area contributed by atoms with Gasteiger partial charge in [0.1, 0.15) is 5.75 Å². The van der Waals surface area contributed by atoms with Crippen molar-refractivity contribution in [1.82, 2.24) is 0 Å².